The molecule has 0 aliphatic heterocycles. The maximum Gasteiger partial charge on any atom is 2.00 e. The molecule has 0 spiro atoms. The molecule has 3 heteroatoms. The van der Waals surface area contributed by atoms with E-state index in [1.807, 2.05) is 50.3 Å². The number of para-hydroxylation sites is 1. The van der Waals surface area contributed by atoms with E-state index in [0.29, 0.717) is 5.75 Å². The smallest absolute Gasteiger partial charge is 0.508 e. The maximum absolute atomic E-state index is 10.3. The van der Waals surface area contributed by atoms with E-state index >= 15 is 0 Å². The molecule has 2 aliphatic rings. The SMILES string of the molecule is Oc1ccccc1[C]1[CH][CH][CH][C]1P(c1ccccc1)c1ccccc1.[CH]1[CH][CH][CH][CH]1.[Fe+2]. The van der Waals surface area contributed by atoms with Gasteiger partial charge in [-0.2, -0.15) is 0 Å². The van der Waals surface area contributed by atoms with Gasteiger partial charge in [0.1, 0.15) is 5.75 Å². The first-order valence-corrected chi connectivity index (χ1v) is 11.3. The van der Waals surface area contributed by atoms with Crippen molar-refractivity contribution in [2.75, 3.05) is 0 Å². The van der Waals surface area contributed by atoms with E-state index in [2.05, 4.69) is 79.9 Å². The summed E-state index contributed by atoms with van der Waals surface area (Å²) in [6.07, 6.45) is 16.4. The van der Waals surface area contributed by atoms with Crippen LogP contribution in [0.1, 0.15) is 5.56 Å². The first-order valence-electron chi connectivity index (χ1n) is 9.95. The summed E-state index contributed by atoms with van der Waals surface area (Å²) in [5.41, 5.74) is 2.16. The Morgan fingerprint density at radius 1 is 0.516 bits per heavy atom. The number of phenols is 1. The summed E-state index contributed by atoms with van der Waals surface area (Å²) >= 11 is 0. The van der Waals surface area contributed by atoms with Gasteiger partial charge in [0.2, 0.25) is 0 Å². The fraction of sp³-hybridized carbons (Fsp3) is 0. The summed E-state index contributed by atoms with van der Waals surface area (Å²) in [4.78, 5) is 0. The Hall–Kier alpha value is -1.59. The summed E-state index contributed by atoms with van der Waals surface area (Å²) in [7, 11) is -0.677. The largest absolute Gasteiger partial charge is 2.00 e. The quantitative estimate of drug-likeness (QED) is 0.394. The molecule has 0 bridgehead atoms. The van der Waals surface area contributed by atoms with E-state index in [1.54, 1.807) is 6.07 Å². The Morgan fingerprint density at radius 3 is 1.52 bits per heavy atom. The first-order chi connectivity index (χ1) is 14.8. The van der Waals surface area contributed by atoms with Crippen LogP contribution in [0.4, 0.5) is 0 Å². The van der Waals surface area contributed by atoms with Crippen LogP contribution in [0.2, 0.25) is 0 Å². The van der Waals surface area contributed by atoms with Crippen LogP contribution in [0.3, 0.4) is 0 Å². The van der Waals surface area contributed by atoms with Crippen molar-refractivity contribution in [2.45, 2.75) is 0 Å². The van der Waals surface area contributed by atoms with Gasteiger partial charge in [0, 0.05) is 17.1 Å². The summed E-state index contributed by atoms with van der Waals surface area (Å²) in [5, 5.41) is 13.0. The first kappa shape index (κ1) is 24.1. The Kier molecular flexibility index (Phi) is 9.66. The molecule has 0 amide bonds. The molecule has 31 heavy (non-hydrogen) atoms. The zero-order chi connectivity index (χ0) is 20.6. The van der Waals surface area contributed by atoms with Crippen molar-refractivity contribution < 1.29 is 22.2 Å². The minimum Gasteiger partial charge on any atom is -0.508 e. The van der Waals surface area contributed by atoms with E-state index < -0.39 is 7.92 Å². The number of aromatic hydroxyl groups is 1. The van der Waals surface area contributed by atoms with Crippen molar-refractivity contribution >= 4 is 18.5 Å². The molecule has 152 valence electrons. The molecule has 3 aromatic carbocycles. The number of rotatable bonds is 4. The molecule has 0 aromatic heterocycles. The second kappa shape index (κ2) is 12.4. The van der Waals surface area contributed by atoms with Gasteiger partial charge >= 0.3 is 17.1 Å². The van der Waals surface area contributed by atoms with Crippen molar-refractivity contribution in [3.05, 3.63) is 153 Å². The number of hydrogen-bond donors (Lipinski definition) is 1. The van der Waals surface area contributed by atoms with E-state index in [-0.39, 0.29) is 17.1 Å². The number of benzene rings is 3. The molecule has 0 heterocycles. The van der Waals surface area contributed by atoms with Gasteiger partial charge in [0.25, 0.3) is 0 Å². The molecule has 2 saturated carbocycles. The van der Waals surface area contributed by atoms with E-state index in [1.165, 1.54) is 16.3 Å². The Bertz CT molecular complexity index is 848. The average Bonchev–Trinajstić information content (AvgIpc) is 3.52. The van der Waals surface area contributed by atoms with Gasteiger partial charge in [0.15, 0.2) is 0 Å². The van der Waals surface area contributed by atoms with Gasteiger partial charge in [-0.25, -0.2) is 0 Å². The molecule has 0 atom stereocenters. The van der Waals surface area contributed by atoms with Crippen LogP contribution in [0, 0.1) is 62.9 Å². The van der Waals surface area contributed by atoms with Crippen molar-refractivity contribution in [3.63, 3.8) is 0 Å². The third kappa shape index (κ3) is 6.23. The van der Waals surface area contributed by atoms with Gasteiger partial charge in [-0.3, -0.25) is 0 Å². The van der Waals surface area contributed by atoms with Gasteiger partial charge in [-0.05, 0) is 76.0 Å². The van der Waals surface area contributed by atoms with Gasteiger partial charge < -0.3 is 5.11 Å². The minimum absolute atomic E-state index is 0. The number of hydrogen-bond acceptors (Lipinski definition) is 1. The second-order valence-corrected chi connectivity index (χ2v) is 9.00. The van der Waals surface area contributed by atoms with Crippen LogP contribution in [0.25, 0.3) is 0 Å². The minimum atomic E-state index is -0.677. The van der Waals surface area contributed by atoms with Crippen molar-refractivity contribution in [2.24, 2.45) is 0 Å². The summed E-state index contributed by atoms with van der Waals surface area (Å²) < 4.78 is 0. The van der Waals surface area contributed by atoms with Crippen LogP contribution in [0.5, 0.6) is 5.75 Å². The fourth-order valence-corrected chi connectivity index (χ4v) is 5.90. The molecule has 1 N–H and O–H groups in total. The van der Waals surface area contributed by atoms with Crippen LogP contribution in [-0.2, 0) is 17.1 Å². The summed E-state index contributed by atoms with van der Waals surface area (Å²) in [5.74, 6) is 1.43. The van der Waals surface area contributed by atoms with Crippen LogP contribution < -0.4 is 10.6 Å². The fourth-order valence-electron chi connectivity index (χ4n) is 3.44. The average molecular weight is 462 g/mol. The van der Waals surface area contributed by atoms with Crippen LogP contribution >= 0.6 is 7.92 Å². The molecule has 0 saturated heterocycles. The molecule has 10 radical (unpaired) electrons. The zero-order valence-electron chi connectivity index (χ0n) is 16.9. The van der Waals surface area contributed by atoms with Crippen LogP contribution in [0.15, 0.2) is 84.9 Å². The molecule has 3 aromatic rings. The molecule has 2 fully saturated rings. The van der Waals surface area contributed by atoms with Gasteiger partial charge in [-0.1, -0.05) is 78.9 Å². The predicted molar refractivity (Wildman–Crippen MR) is 127 cm³/mol. The number of phenolic OH excluding ortho intramolecular Hbond substituents is 1. The Labute approximate surface area is 199 Å². The van der Waals surface area contributed by atoms with E-state index in [9.17, 15) is 5.11 Å². The molecular formula is C28H23FeOP+2. The molecular weight excluding hydrogens is 439 g/mol. The Morgan fingerprint density at radius 2 is 1.00 bits per heavy atom. The summed E-state index contributed by atoms with van der Waals surface area (Å²) in [6.45, 7) is 0. The standard InChI is InChI=1S/C23H18OP.C5H5.Fe/c24-22-16-8-7-14-20(22)21-15-9-17-23(21)25(18-10-3-1-4-11-18)19-12-5-2-6-13-19;1-2-4-5-3-1;/h1-17,24H;1-5H;/q;;+2. The van der Waals surface area contributed by atoms with Crippen molar-refractivity contribution in [3.8, 4) is 5.75 Å². The normalized spacial score (nSPS) is 16.5. The maximum atomic E-state index is 10.3. The van der Waals surface area contributed by atoms with E-state index in [0.717, 1.165) is 11.5 Å². The predicted octanol–water partition coefficient (Wildman–Crippen LogP) is 5.63. The third-order valence-corrected chi connectivity index (χ3v) is 7.31. The molecule has 2 aliphatic carbocycles. The molecule has 5 rings (SSSR count). The Balaban J connectivity index is 0.000000401. The molecule has 0 unspecified atom stereocenters. The van der Waals surface area contributed by atoms with Crippen LogP contribution in [-0.4, -0.2) is 5.11 Å². The molecule has 1 nitrogen and oxygen atoms in total. The van der Waals surface area contributed by atoms with Gasteiger partial charge in [-0.15, -0.1) is 0 Å². The van der Waals surface area contributed by atoms with Crippen molar-refractivity contribution in [1.29, 1.82) is 0 Å². The zero-order valence-corrected chi connectivity index (χ0v) is 18.9. The second-order valence-electron chi connectivity index (χ2n) is 6.81. The van der Waals surface area contributed by atoms with Crippen molar-refractivity contribution in [1.82, 2.24) is 0 Å². The van der Waals surface area contributed by atoms with E-state index in [4.69, 9.17) is 0 Å². The summed E-state index contributed by atoms with van der Waals surface area (Å²) in [6, 6.07) is 28.8. The third-order valence-electron chi connectivity index (χ3n) is 4.81. The van der Waals surface area contributed by atoms with Gasteiger partial charge in [0.05, 0.1) is 0 Å². The monoisotopic (exact) mass is 462 g/mol. The topological polar surface area (TPSA) is 20.2 Å².